The lowest BCUT2D eigenvalue weighted by atomic mass is 9.76. The standard InChI is InChI=1S/C21H26N2O3/c1-4-14(3)22-19(24)17-16-9-10-21(26-16)12-23(20(25)18(17)21)11-15-7-5-13(2)6-8-15/h5-10,14,16-18H,4,11-12H2,1-3H3,(H,22,24). The van der Waals surface area contributed by atoms with Gasteiger partial charge < -0.3 is 15.0 Å². The number of likely N-dealkylation sites (tertiary alicyclic amines) is 1. The molecule has 5 nitrogen and oxygen atoms in total. The van der Waals surface area contributed by atoms with Crippen LogP contribution in [0, 0.1) is 18.8 Å². The molecule has 1 aromatic rings. The first-order valence-electron chi connectivity index (χ1n) is 9.45. The number of aryl methyl sites for hydroxylation is 1. The highest BCUT2D eigenvalue weighted by molar-refractivity contribution is 5.93. The number of ether oxygens (including phenoxy) is 1. The number of nitrogens with one attached hydrogen (secondary N) is 1. The molecule has 2 fully saturated rings. The van der Waals surface area contributed by atoms with Gasteiger partial charge in [0.15, 0.2) is 0 Å². The quantitative estimate of drug-likeness (QED) is 0.825. The number of carbonyl (C=O) groups excluding carboxylic acids is 2. The summed E-state index contributed by atoms with van der Waals surface area (Å²) in [6.07, 6.45) is 4.54. The number of hydrogen-bond donors (Lipinski definition) is 1. The van der Waals surface area contributed by atoms with Crippen LogP contribution in [0.25, 0.3) is 0 Å². The molecule has 1 spiro atoms. The van der Waals surface area contributed by atoms with E-state index >= 15 is 0 Å². The minimum absolute atomic E-state index is 0.0294. The minimum Gasteiger partial charge on any atom is -0.360 e. The van der Waals surface area contributed by atoms with Crippen LogP contribution >= 0.6 is 0 Å². The number of rotatable bonds is 5. The van der Waals surface area contributed by atoms with Crippen molar-refractivity contribution in [3.8, 4) is 0 Å². The number of amides is 2. The molecule has 2 amide bonds. The maximum absolute atomic E-state index is 13.1. The average molecular weight is 354 g/mol. The maximum atomic E-state index is 13.1. The van der Waals surface area contributed by atoms with Gasteiger partial charge in [-0.05, 0) is 25.8 Å². The monoisotopic (exact) mass is 354 g/mol. The van der Waals surface area contributed by atoms with Crippen LogP contribution in [0.3, 0.4) is 0 Å². The summed E-state index contributed by atoms with van der Waals surface area (Å²) in [5.41, 5.74) is 1.66. The molecule has 4 rings (SSSR count). The van der Waals surface area contributed by atoms with Crippen molar-refractivity contribution in [2.75, 3.05) is 6.54 Å². The van der Waals surface area contributed by atoms with Crippen molar-refractivity contribution in [2.24, 2.45) is 11.8 Å². The van der Waals surface area contributed by atoms with Gasteiger partial charge in [0.1, 0.15) is 5.60 Å². The topological polar surface area (TPSA) is 58.6 Å². The molecule has 2 saturated heterocycles. The number of fused-ring (bicyclic) bond motifs is 1. The molecule has 1 aromatic carbocycles. The highest BCUT2D eigenvalue weighted by Gasteiger charge is 2.66. The van der Waals surface area contributed by atoms with Gasteiger partial charge in [-0.1, -0.05) is 48.9 Å². The normalized spacial score (nSPS) is 32.8. The summed E-state index contributed by atoms with van der Waals surface area (Å²) in [5.74, 6) is -0.871. The summed E-state index contributed by atoms with van der Waals surface area (Å²) in [7, 11) is 0. The first-order valence-corrected chi connectivity index (χ1v) is 9.45. The van der Waals surface area contributed by atoms with Gasteiger partial charge in [0.05, 0.1) is 24.5 Å². The largest absolute Gasteiger partial charge is 0.360 e. The SMILES string of the molecule is CCC(C)NC(=O)C1C2C=CC3(CN(Cc4ccc(C)cc4)C(=O)C13)O2. The van der Waals surface area contributed by atoms with Gasteiger partial charge in [-0.15, -0.1) is 0 Å². The minimum atomic E-state index is -0.635. The molecule has 3 aliphatic heterocycles. The second kappa shape index (κ2) is 6.23. The number of benzene rings is 1. The third-order valence-electron chi connectivity index (χ3n) is 5.98. The summed E-state index contributed by atoms with van der Waals surface area (Å²) < 4.78 is 6.16. The Bertz CT molecular complexity index is 757. The lowest BCUT2D eigenvalue weighted by molar-refractivity contribution is -0.138. The van der Waals surface area contributed by atoms with Crippen molar-refractivity contribution in [1.82, 2.24) is 10.2 Å². The van der Waals surface area contributed by atoms with Crippen LogP contribution in [-0.4, -0.2) is 41.0 Å². The van der Waals surface area contributed by atoms with Gasteiger partial charge in [0, 0.05) is 12.6 Å². The molecule has 5 atom stereocenters. The molecule has 1 N–H and O–H groups in total. The maximum Gasteiger partial charge on any atom is 0.230 e. The fraction of sp³-hybridized carbons (Fsp3) is 0.524. The molecule has 5 unspecified atom stereocenters. The van der Waals surface area contributed by atoms with E-state index in [9.17, 15) is 9.59 Å². The van der Waals surface area contributed by atoms with Gasteiger partial charge in [-0.2, -0.15) is 0 Å². The van der Waals surface area contributed by atoms with Crippen LogP contribution < -0.4 is 5.32 Å². The van der Waals surface area contributed by atoms with E-state index in [1.165, 1.54) is 5.56 Å². The van der Waals surface area contributed by atoms with Crippen molar-refractivity contribution in [1.29, 1.82) is 0 Å². The number of hydrogen-bond acceptors (Lipinski definition) is 3. The molecule has 0 saturated carbocycles. The molecule has 138 valence electrons. The zero-order chi connectivity index (χ0) is 18.5. The Hall–Kier alpha value is -2.14. The van der Waals surface area contributed by atoms with Crippen LogP contribution in [0.5, 0.6) is 0 Å². The Balaban J connectivity index is 1.55. The van der Waals surface area contributed by atoms with Gasteiger partial charge in [0.25, 0.3) is 0 Å². The van der Waals surface area contributed by atoms with E-state index in [4.69, 9.17) is 4.74 Å². The summed E-state index contributed by atoms with van der Waals surface area (Å²) >= 11 is 0. The first kappa shape index (κ1) is 17.3. The van der Waals surface area contributed by atoms with Crippen molar-refractivity contribution in [2.45, 2.75) is 51.5 Å². The van der Waals surface area contributed by atoms with E-state index in [0.717, 1.165) is 12.0 Å². The molecule has 0 aromatic heterocycles. The third-order valence-corrected chi connectivity index (χ3v) is 5.98. The number of carbonyl (C=O) groups is 2. The van der Waals surface area contributed by atoms with Gasteiger partial charge in [-0.25, -0.2) is 0 Å². The fourth-order valence-corrected chi connectivity index (χ4v) is 4.37. The van der Waals surface area contributed by atoms with Crippen LogP contribution in [0.1, 0.15) is 31.4 Å². The molecule has 2 bridgehead atoms. The van der Waals surface area contributed by atoms with E-state index in [1.54, 1.807) is 0 Å². The Kier molecular flexibility index (Phi) is 4.14. The highest BCUT2D eigenvalue weighted by Crippen LogP contribution is 2.52. The van der Waals surface area contributed by atoms with E-state index < -0.39 is 17.4 Å². The van der Waals surface area contributed by atoms with Gasteiger partial charge >= 0.3 is 0 Å². The Labute approximate surface area is 154 Å². The van der Waals surface area contributed by atoms with Gasteiger partial charge in [-0.3, -0.25) is 9.59 Å². The second-order valence-corrected chi connectivity index (χ2v) is 7.90. The molecule has 0 aliphatic carbocycles. The van der Waals surface area contributed by atoms with Crippen molar-refractivity contribution in [3.05, 3.63) is 47.5 Å². The second-order valence-electron chi connectivity index (χ2n) is 7.90. The molecule has 26 heavy (non-hydrogen) atoms. The van der Waals surface area contributed by atoms with Crippen LogP contribution in [0.15, 0.2) is 36.4 Å². The molecule has 3 heterocycles. The van der Waals surface area contributed by atoms with Crippen LogP contribution in [0.4, 0.5) is 0 Å². The summed E-state index contributed by atoms with van der Waals surface area (Å²) in [6.45, 7) is 7.14. The van der Waals surface area contributed by atoms with Gasteiger partial charge in [0.2, 0.25) is 11.8 Å². The van der Waals surface area contributed by atoms with E-state index in [-0.39, 0.29) is 24.0 Å². The number of nitrogens with zero attached hydrogens (tertiary/aromatic N) is 1. The van der Waals surface area contributed by atoms with E-state index in [1.807, 2.05) is 37.8 Å². The molecular formula is C21H26N2O3. The Morgan fingerprint density at radius 1 is 1.38 bits per heavy atom. The lowest BCUT2D eigenvalue weighted by Crippen LogP contribution is -2.46. The highest BCUT2D eigenvalue weighted by atomic mass is 16.5. The van der Waals surface area contributed by atoms with Crippen LogP contribution in [0.2, 0.25) is 0 Å². The van der Waals surface area contributed by atoms with Crippen molar-refractivity contribution in [3.63, 3.8) is 0 Å². The smallest absolute Gasteiger partial charge is 0.230 e. The molecule has 0 radical (unpaired) electrons. The molecular weight excluding hydrogens is 328 g/mol. The average Bonchev–Trinajstić information content (AvgIpc) is 3.25. The third kappa shape index (κ3) is 2.65. The predicted molar refractivity (Wildman–Crippen MR) is 98.2 cm³/mol. The summed E-state index contributed by atoms with van der Waals surface area (Å²) in [5, 5.41) is 3.03. The van der Waals surface area contributed by atoms with Crippen LogP contribution in [-0.2, 0) is 20.9 Å². The lowest BCUT2D eigenvalue weighted by Gasteiger charge is -2.24. The Morgan fingerprint density at radius 2 is 2.12 bits per heavy atom. The van der Waals surface area contributed by atoms with Crippen molar-refractivity contribution < 1.29 is 14.3 Å². The van der Waals surface area contributed by atoms with E-state index in [0.29, 0.717) is 13.1 Å². The van der Waals surface area contributed by atoms with Crippen molar-refractivity contribution >= 4 is 11.8 Å². The fourth-order valence-electron chi connectivity index (χ4n) is 4.37. The zero-order valence-electron chi connectivity index (χ0n) is 15.6. The zero-order valence-corrected chi connectivity index (χ0v) is 15.6. The Morgan fingerprint density at radius 3 is 2.81 bits per heavy atom. The molecule has 5 heteroatoms. The van der Waals surface area contributed by atoms with E-state index in [2.05, 4.69) is 29.6 Å². The molecule has 3 aliphatic rings. The predicted octanol–water partition coefficient (Wildman–Crippen LogP) is 2.19. The first-order chi connectivity index (χ1) is 12.4. The summed E-state index contributed by atoms with van der Waals surface area (Å²) in [4.78, 5) is 27.8. The summed E-state index contributed by atoms with van der Waals surface area (Å²) in [6, 6.07) is 8.31.